The van der Waals surface area contributed by atoms with Gasteiger partial charge in [0.1, 0.15) is 6.04 Å². The van der Waals surface area contributed by atoms with Crippen LogP contribution in [0.15, 0.2) is 97.2 Å². The summed E-state index contributed by atoms with van der Waals surface area (Å²) in [5, 5.41) is 5.84. The summed E-state index contributed by atoms with van der Waals surface area (Å²) in [7, 11) is 0. The molecule has 1 atom stereocenters. The Balaban J connectivity index is 1.47. The topological polar surface area (TPSA) is 88.2 Å². The van der Waals surface area contributed by atoms with Crippen LogP contribution in [0.5, 0.6) is 0 Å². The van der Waals surface area contributed by atoms with Crippen molar-refractivity contribution in [2.24, 2.45) is 0 Å². The molecule has 0 radical (unpaired) electrons. The number of carbonyl (C=O) groups is 3. The molecule has 0 spiro atoms. The van der Waals surface area contributed by atoms with E-state index in [1.165, 1.54) is 0 Å². The molecule has 38 heavy (non-hydrogen) atoms. The minimum absolute atomic E-state index is 0.0657. The fourth-order valence-corrected chi connectivity index (χ4v) is 4.10. The smallest absolute Gasteiger partial charge is 0.251 e. The normalized spacial score (nSPS) is 11.4. The van der Waals surface area contributed by atoms with Gasteiger partial charge in [0.25, 0.3) is 5.91 Å². The highest BCUT2D eigenvalue weighted by atomic mass is 16.2. The van der Waals surface area contributed by atoms with Crippen LogP contribution in [0.3, 0.4) is 0 Å². The lowest BCUT2D eigenvalue weighted by Crippen LogP contribution is -2.48. The molecule has 1 heterocycles. The van der Waals surface area contributed by atoms with Crippen molar-refractivity contribution >= 4 is 17.6 Å². The Morgan fingerprint density at radius 1 is 0.763 bits per heavy atom. The van der Waals surface area contributed by atoms with Crippen LogP contribution in [-0.4, -0.2) is 35.2 Å². The molecular weight excluding hydrogens is 474 g/mol. The molecule has 0 aliphatic rings. The van der Waals surface area contributed by atoms with Crippen LogP contribution in [0.4, 0.5) is 0 Å². The molecule has 6 heteroatoms. The molecule has 0 saturated heterocycles. The van der Waals surface area contributed by atoms with E-state index in [9.17, 15) is 14.4 Å². The number of benzene rings is 3. The SMILES string of the molecule is Cc1ccc(C(=O)N[C@H](Cc2ccc(C(=O)c3ccccc3)cc2)C(=O)NCCc2ccccn2)cc1C. The van der Waals surface area contributed by atoms with Crippen molar-refractivity contribution in [2.45, 2.75) is 32.7 Å². The first-order chi connectivity index (χ1) is 18.4. The fourth-order valence-electron chi connectivity index (χ4n) is 4.10. The van der Waals surface area contributed by atoms with Crippen molar-refractivity contribution < 1.29 is 14.4 Å². The second-order valence-corrected chi connectivity index (χ2v) is 9.28. The zero-order chi connectivity index (χ0) is 26.9. The van der Waals surface area contributed by atoms with Gasteiger partial charge in [-0.25, -0.2) is 0 Å². The standard InChI is InChI=1S/C32H31N3O3/c1-22-11-14-27(20-23(22)2)31(37)35-29(32(38)34-19-17-28-10-6-7-18-33-28)21-24-12-15-26(16-13-24)30(36)25-8-4-3-5-9-25/h3-16,18,20,29H,17,19,21H2,1-2H3,(H,34,38)(H,35,37)/t29-/m1/s1. The van der Waals surface area contributed by atoms with E-state index in [4.69, 9.17) is 0 Å². The largest absolute Gasteiger partial charge is 0.354 e. The Bertz CT molecular complexity index is 1400. The van der Waals surface area contributed by atoms with Crippen LogP contribution in [0.2, 0.25) is 0 Å². The van der Waals surface area contributed by atoms with Crippen molar-refractivity contribution in [3.8, 4) is 0 Å². The van der Waals surface area contributed by atoms with E-state index in [1.807, 2.05) is 74.5 Å². The number of nitrogens with one attached hydrogen (secondary N) is 2. The molecule has 2 N–H and O–H groups in total. The van der Waals surface area contributed by atoms with Crippen LogP contribution in [0.1, 0.15) is 48.7 Å². The van der Waals surface area contributed by atoms with E-state index in [0.29, 0.717) is 29.7 Å². The Hall–Kier alpha value is -4.58. The Morgan fingerprint density at radius 3 is 2.13 bits per heavy atom. The number of aromatic nitrogens is 1. The number of rotatable bonds is 10. The monoisotopic (exact) mass is 505 g/mol. The van der Waals surface area contributed by atoms with E-state index >= 15 is 0 Å². The maximum atomic E-state index is 13.2. The molecular formula is C32H31N3O3. The lowest BCUT2D eigenvalue weighted by molar-refractivity contribution is -0.122. The van der Waals surface area contributed by atoms with Gasteiger partial charge >= 0.3 is 0 Å². The minimum atomic E-state index is -0.788. The third-order valence-electron chi connectivity index (χ3n) is 6.49. The molecule has 4 rings (SSSR count). The van der Waals surface area contributed by atoms with Gasteiger partial charge in [0, 0.05) is 48.0 Å². The first-order valence-corrected chi connectivity index (χ1v) is 12.6. The van der Waals surface area contributed by atoms with E-state index < -0.39 is 6.04 Å². The molecule has 1 aromatic heterocycles. The van der Waals surface area contributed by atoms with Crippen molar-refractivity contribution in [3.63, 3.8) is 0 Å². The average molecular weight is 506 g/mol. The summed E-state index contributed by atoms with van der Waals surface area (Å²) in [4.78, 5) is 43.3. The second kappa shape index (κ2) is 12.6. The maximum absolute atomic E-state index is 13.2. The Labute approximate surface area is 223 Å². The number of carbonyl (C=O) groups excluding carboxylic acids is 3. The van der Waals surface area contributed by atoms with Crippen LogP contribution in [0.25, 0.3) is 0 Å². The van der Waals surface area contributed by atoms with Crippen LogP contribution < -0.4 is 10.6 Å². The van der Waals surface area contributed by atoms with Gasteiger partial charge in [-0.15, -0.1) is 0 Å². The van der Waals surface area contributed by atoms with Gasteiger partial charge in [0.05, 0.1) is 0 Å². The summed E-state index contributed by atoms with van der Waals surface area (Å²) in [5.41, 5.74) is 5.50. The predicted octanol–water partition coefficient (Wildman–Crippen LogP) is 4.63. The van der Waals surface area contributed by atoms with Crippen molar-refractivity contribution in [2.75, 3.05) is 6.54 Å². The molecule has 0 aliphatic heterocycles. The summed E-state index contributed by atoms with van der Waals surface area (Å²) in [6.07, 6.45) is 2.59. The molecule has 0 fully saturated rings. The highest BCUT2D eigenvalue weighted by Crippen LogP contribution is 2.14. The van der Waals surface area contributed by atoms with Crippen LogP contribution in [-0.2, 0) is 17.6 Å². The summed E-state index contributed by atoms with van der Waals surface area (Å²) in [5.74, 6) is -0.652. The third-order valence-corrected chi connectivity index (χ3v) is 6.49. The molecule has 2 amide bonds. The quantitative estimate of drug-likeness (QED) is 0.308. The van der Waals surface area contributed by atoms with Gasteiger partial charge in [0.15, 0.2) is 5.78 Å². The van der Waals surface area contributed by atoms with Crippen LogP contribution in [0, 0.1) is 13.8 Å². The molecule has 192 valence electrons. The van der Waals surface area contributed by atoms with Crippen molar-refractivity contribution in [3.05, 3.63) is 136 Å². The zero-order valence-electron chi connectivity index (χ0n) is 21.6. The Kier molecular flexibility index (Phi) is 8.77. The first-order valence-electron chi connectivity index (χ1n) is 12.6. The van der Waals surface area contributed by atoms with Gasteiger partial charge in [-0.05, 0) is 54.8 Å². The number of hydrogen-bond donors (Lipinski definition) is 2. The number of nitrogens with zero attached hydrogens (tertiary/aromatic N) is 1. The number of pyridine rings is 1. The summed E-state index contributed by atoms with van der Waals surface area (Å²) in [6.45, 7) is 4.34. The molecule has 0 unspecified atom stereocenters. The Morgan fingerprint density at radius 2 is 1.45 bits per heavy atom. The maximum Gasteiger partial charge on any atom is 0.251 e. The van der Waals surface area contributed by atoms with E-state index in [2.05, 4.69) is 15.6 Å². The minimum Gasteiger partial charge on any atom is -0.354 e. The van der Waals surface area contributed by atoms with Crippen molar-refractivity contribution in [1.29, 1.82) is 0 Å². The number of amides is 2. The van der Waals surface area contributed by atoms with Gasteiger partial charge in [-0.2, -0.15) is 0 Å². The molecule has 0 saturated carbocycles. The van der Waals surface area contributed by atoms with Gasteiger partial charge in [-0.1, -0.05) is 66.7 Å². The molecule has 0 aliphatic carbocycles. The van der Waals surface area contributed by atoms with Gasteiger partial charge in [0.2, 0.25) is 5.91 Å². The van der Waals surface area contributed by atoms with Crippen LogP contribution >= 0.6 is 0 Å². The van der Waals surface area contributed by atoms with E-state index in [0.717, 1.165) is 22.4 Å². The lowest BCUT2D eigenvalue weighted by atomic mass is 9.99. The first kappa shape index (κ1) is 26.5. The third kappa shape index (κ3) is 7.01. The predicted molar refractivity (Wildman–Crippen MR) is 148 cm³/mol. The molecule has 3 aromatic carbocycles. The highest BCUT2D eigenvalue weighted by Gasteiger charge is 2.22. The van der Waals surface area contributed by atoms with Gasteiger partial charge < -0.3 is 10.6 Å². The molecule has 4 aromatic rings. The number of hydrogen-bond acceptors (Lipinski definition) is 4. The zero-order valence-corrected chi connectivity index (χ0v) is 21.6. The highest BCUT2D eigenvalue weighted by molar-refractivity contribution is 6.09. The summed E-state index contributed by atoms with van der Waals surface area (Å²) >= 11 is 0. The van der Waals surface area contributed by atoms with Gasteiger partial charge in [-0.3, -0.25) is 19.4 Å². The van der Waals surface area contributed by atoms with E-state index in [-0.39, 0.29) is 24.0 Å². The molecule has 6 nitrogen and oxygen atoms in total. The molecule has 0 bridgehead atoms. The number of aryl methyl sites for hydroxylation is 2. The average Bonchev–Trinajstić information content (AvgIpc) is 2.95. The van der Waals surface area contributed by atoms with Crippen molar-refractivity contribution in [1.82, 2.24) is 15.6 Å². The number of ketones is 1. The van der Waals surface area contributed by atoms with E-state index in [1.54, 1.807) is 36.5 Å². The second-order valence-electron chi connectivity index (χ2n) is 9.28. The summed E-state index contributed by atoms with van der Waals surface area (Å²) in [6, 6.07) is 26.6. The fraction of sp³-hybridized carbons (Fsp3) is 0.188. The summed E-state index contributed by atoms with van der Waals surface area (Å²) < 4.78 is 0. The lowest BCUT2D eigenvalue weighted by Gasteiger charge is -2.19.